The van der Waals surface area contributed by atoms with Gasteiger partial charge in [-0.1, -0.05) is 19.3 Å². The first-order chi connectivity index (χ1) is 9.15. The molecule has 0 aliphatic heterocycles. The first-order valence-electron chi connectivity index (χ1n) is 7.18. The van der Waals surface area contributed by atoms with Gasteiger partial charge in [0.2, 0.25) is 0 Å². The molecule has 19 heavy (non-hydrogen) atoms. The molecule has 1 atom stereocenters. The van der Waals surface area contributed by atoms with Gasteiger partial charge in [0, 0.05) is 22.3 Å². The molecule has 1 fully saturated rings. The average molecular weight is 281 g/mol. The molecule has 1 aliphatic carbocycles. The van der Waals surface area contributed by atoms with Crippen LogP contribution in [0.15, 0.2) is 12.1 Å². The van der Waals surface area contributed by atoms with Crippen LogP contribution >= 0.6 is 11.3 Å². The molecule has 0 aromatic carbocycles. The molecule has 1 aromatic rings. The minimum absolute atomic E-state index is 0.142. The molecule has 0 amide bonds. The first-order valence-corrected chi connectivity index (χ1v) is 7.99. The van der Waals surface area contributed by atoms with Gasteiger partial charge < -0.3 is 10.4 Å². The van der Waals surface area contributed by atoms with Crippen molar-refractivity contribution in [1.82, 2.24) is 5.32 Å². The maximum Gasteiger partial charge on any atom is 0.308 e. The third kappa shape index (κ3) is 4.62. The van der Waals surface area contributed by atoms with Crippen LogP contribution in [0.1, 0.15) is 48.8 Å². The summed E-state index contributed by atoms with van der Waals surface area (Å²) in [4.78, 5) is 12.8. The zero-order valence-electron chi connectivity index (χ0n) is 11.5. The van der Waals surface area contributed by atoms with E-state index in [9.17, 15) is 4.79 Å². The Labute approximate surface area is 119 Å². The highest BCUT2D eigenvalue weighted by molar-refractivity contribution is 7.12. The lowest BCUT2D eigenvalue weighted by Gasteiger charge is -2.28. The Morgan fingerprint density at radius 2 is 2.05 bits per heavy atom. The molecular weight excluding hydrogens is 258 g/mol. The summed E-state index contributed by atoms with van der Waals surface area (Å²) < 4.78 is 0. The van der Waals surface area contributed by atoms with E-state index in [-0.39, 0.29) is 6.42 Å². The highest BCUT2D eigenvalue weighted by Gasteiger charge is 2.19. The first kappa shape index (κ1) is 14.5. The molecular formula is C15H23NO2S. The van der Waals surface area contributed by atoms with Gasteiger partial charge in [-0.3, -0.25) is 4.79 Å². The van der Waals surface area contributed by atoms with Crippen molar-refractivity contribution in [3.8, 4) is 0 Å². The van der Waals surface area contributed by atoms with Crippen LogP contribution in [-0.4, -0.2) is 17.1 Å². The van der Waals surface area contributed by atoms with E-state index < -0.39 is 5.97 Å². The van der Waals surface area contributed by atoms with Crippen molar-refractivity contribution in [3.63, 3.8) is 0 Å². The third-order valence-electron chi connectivity index (χ3n) is 4.00. The van der Waals surface area contributed by atoms with Crippen LogP contribution in [0.4, 0.5) is 0 Å². The normalized spacial score (nSPS) is 18.4. The van der Waals surface area contributed by atoms with E-state index in [1.807, 2.05) is 12.1 Å². The predicted molar refractivity (Wildman–Crippen MR) is 78.5 cm³/mol. The van der Waals surface area contributed by atoms with Gasteiger partial charge in [0.05, 0.1) is 6.42 Å². The zero-order valence-corrected chi connectivity index (χ0v) is 12.3. The largest absolute Gasteiger partial charge is 0.481 e. The fraction of sp³-hybridized carbons (Fsp3) is 0.667. The van der Waals surface area contributed by atoms with E-state index in [0.717, 1.165) is 17.3 Å². The highest BCUT2D eigenvalue weighted by atomic mass is 32.1. The molecule has 106 valence electrons. The zero-order chi connectivity index (χ0) is 13.7. The van der Waals surface area contributed by atoms with Crippen molar-refractivity contribution in [2.75, 3.05) is 0 Å². The van der Waals surface area contributed by atoms with Gasteiger partial charge in [-0.25, -0.2) is 0 Å². The number of nitrogens with one attached hydrogen (secondary N) is 1. The molecule has 4 heteroatoms. The number of carboxylic acid groups (broad SMARTS) is 1. The van der Waals surface area contributed by atoms with Crippen molar-refractivity contribution in [3.05, 3.63) is 21.9 Å². The molecule has 2 rings (SSSR count). The molecule has 3 nitrogen and oxygen atoms in total. The van der Waals surface area contributed by atoms with Gasteiger partial charge in [-0.2, -0.15) is 0 Å². The topological polar surface area (TPSA) is 49.3 Å². The van der Waals surface area contributed by atoms with Crippen molar-refractivity contribution < 1.29 is 9.90 Å². The average Bonchev–Trinajstić information content (AvgIpc) is 2.84. The van der Waals surface area contributed by atoms with Crippen molar-refractivity contribution in [1.29, 1.82) is 0 Å². The number of thiophene rings is 1. The van der Waals surface area contributed by atoms with E-state index in [1.54, 1.807) is 11.3 Å². The minimum atomic E-state index is -0.753. The van der Waals surface area contributed by atoms with Crippen LogP contribution in [-0.2, 0) is 17.8 Å². The van der Waals surface area contributed by atoms with E-state index in [1.165, 1.54) is 37.0 Å². The quantitative estimate of drug-likeness (QED) is 0.840. The lowest BCUT2D eigenvalue weighted by Crippen LogP contribution is -2.33. The van der Waals surface area contributed by atoms with Crippen LogP contribution in [0.3, 0.4) is 0 Å². The number of carboxylic acids is 1. The smallest absolute Gasteiger partial charge is 0.308 e. The van der Waals surface area contributed by atoms with E-state index in [4.69, 9.17) is 5.11 Å². The summed E-state index contributed by atoms with van der Waals surface area (Å²) in [6, 6.07) is 4.54. The Kier molecular flexibility index (Phi) is 5.40. The Morgan fingerprint density at radius 1 is 1.37 bits per heavy atom. The van der Waals surface area contributed by atoms with Gasteiger partial charge in [0.15, 0.2) is 0 Å². The Bertz CT molecular complexity index is 410. The summed E-state index contributed by atoms with van der Waals surface area (Å²) in [6.07, 6.45) is 6.98. The number of rotatable bonds is 6. The second-order valence-corrected chi connectivity index (χ2v) is 6.76. The Balaban J connectivity index is 1.77. The number of hydrogen-bond acceptors (Lipinski definition) is 3. The Hall–Kier alpha value is -0.870. The molecule has 0 spiro atoms. The van der Waals surface area contributed by atoms with E-state index in [2.05, 4.69) is 12.2 Å². The monoisotopic (exact) mass is 281 g/mol. The van der Waals surface area contributed by atoms with Crippen LogP contribution in [0.25, 0.3) is 0 Å². The lowest BCUT2D eigenvalue weighted by atomic mass is 9.84. The molecule has 0 radical (unpaired) electrons. The van der Waals surface area contributed by atoms with Gasteiger partial charge in [0.25, 0.3) is 0 Å². The predicted octanol–water partition coefficient (Wildman–Crippen LogP) is 3.43. The Morgan fingerprint density at radius 3 is 2.74 bits per heavy atom. The van der Waals surface area contributed by atoms with Crippen molar-refractivity contribution in [2.24, 2.45) is 5.92 Å². The summed E-state index contributed by atoms with van der Waals surface area (Å²) in [6.45, 7) is 3.14. The lowest BCUT2D eigenvalue weighted by molar-refractivity contribution is -0.136. The summed E-state index contributed by atoms with van der Waals surface area (Å²) in [5.41, 5.74) is 0. The molecule has 0 saturated heterocycles. The minimum Gasteiger partial charge on any atom is -0.481 e. The molecule has 1 heterocycles. The van der Waals surface area contributed by atoms with Gasteiger partial charge in [0.1, 0.15) is 0 Å². The SMILES string of the molecule is CC(NCc1ccc(CC(=O)O)s1)C1CCCCC1. The van der Waals surface area contributed by atoms with Crippen LogP contribution in [0.2, 0.25) is 0 Å². The molecule has 0 bridgehead atoms. The second kappa shape index (κ2) is 7.06. The van der Waals surface area contributed by atoms with Gasteiger partial charge in [-0.15, -0.1) is 11.3 Å². The second-order valence-electron chi connectivity index (χ2n) is 5.51. The molecule has 2 N–H and O–H groups in total. The summed E-state index contributed by atoms with van der Waals surface area (Å²) in [7, 11) is 0. The van der Waals surface area contributed by atoms with Crippen LogP contribution in [0.5, 0.6) is 0 Å². The van der Waals surface area contributed by atoms with Gasteiger partial charge in [-0.05, 0) is 37.8 Å². The number of hydrogen-bond donors (Lipinski definition) is 2. The van der Waals surface area contributed by atoms with Gasteiger partial charge >= 0.3 is 5.97 Å². The number of aliphatic carboxylic acids is 1. The third-order valence-corrected chi connectivity index (χ3v) is 5.08. The summed E-state index contributed by atoms with van der Waals surface area (Å²) in [5.74, 6) is 0.0594. The molecule has 1 aliphatic rings. The van der Waals surface area contributed by atoms with Crippen molar-refractivity contribution in [2.45, 2.75) is 58.0 Å². The molecule has 1 unspecified atom stereocenters. The fourth-order valence-corrected chi connectivity index (χ4v) is 3.78. The van der Waals surface area contributed by atoms with Crippen LogP contribution in [0, 0.1) is 5.92 Å². The van der Waals surface area contributed by atoms with E-state index in [0.29, 0.717) is 6.04 Å². The maximum atomic E-state index is 10.6. The summed E-state index contributed by atoms with van der Waals surface area (Å²) >= 11 is 1.61. The summed E-state index contributed by atoms with van der Waals surface area (Å²) in [5, 5.41) is 12.4. The number of carbonyl (C=O) groups is 1. The van der Waals surface area contributed by atoms with Crippen LogP contribution < -0.4 is 5.32 Å². The fourth-order valence-electron chi connectivity index (χ4n) is 2.82. The standard InChI is InChI=1S/C15H23NO2S/c1-11(12-5-3-2-4-6-12)16-10-14-8-7-13(19-14)9-15(17)18/h7-8,11-12,16H,2-6,9-10H2,1H3,(H,17,18). The van der Waals surface area contributed by atoms with Crippen molar-refractivity contribution >= 4 is 17.3 Å². The maximum absolute atomic E-state index is 10.6. The molecule has 1 saturated carbocycles. The molecule has 1 aromatic heterocycles. The van der Waals surface area contributed by atoms with E-state index >= 15 is 0 Å². The highest BCUT2D eigenvalue weighted by Crippen LogP contribution is 2.26.